The Labute approximate surface area is 155 Å². The van der Waals surface area contributed by atoms with Crippen LogP contribution < -0.4 is 5.32 Å². The molecule has 0 aromatic heterocycles. The number of hydrogen-bond donors (Lipinski definition) is 1. The van der Waals surface area contributed by atoms with Gasteiger partial charge in [-0.25, -0.2) is 8.42 Å². The lowest BCUT2D eigenvalue weighted by Gasteiger charge is -2.31. The van der Waals surface area contributed by atoms with Gasteiger partial charge in [-0.3, -0.25) is 4.79 Å². The Balaban J connectivity index is 1.80. The summed E-state index contributed by atoms with van der Waals surface area (Å²) in [5.74, 6) is -0.328. The first kappa shape index (κ1) is 18.9. The van der Waals surface area contributed by atoms with E-state index in [0.29, 0.717) is 17.9 Å². The number of rotatable bonds is 5. The van der Waals surface area contributed by atoms with Crippen molar-refractivity contribution in [2.75, 3.05) is 13.1 Å². The number of hydrogen-bond acceptors (Lipinski definition) is 3. The molecule has 0 spiro atoms. The molecule has 1 aliphatic heterocycles. The Morgan fingerprint density at radius 1 is 1.23 bits per heavy atom. The van der Waals surface area contributed by atoms with Crippen molar-refractivity contribution in [2.24, 2.45) is 5.92 Å². The predicted molar refractivity (Wildman–Crippen MR) is 103 cm³/mol. The summed E-state index contributed by atoms with van der Waals surface area (Å²) in [5.41, 5.74) is 0. The van der Waals surface area contributed by atoms with Gasteiger partial charge in [0.2, 0.25) is 15.9 Å². The number of piperidine rings is 1. The van der Waals surface area contributed by atoms with E-state index in [2.05, 4.69) is 5.32 Å². The first-order valence-electron chi connectivity index (χ1n) is 9.21. The maximum atomic E-state index is 13.1. The maximum Gasteiger partial charge on any atom is 0.243 e. The number of carbonyl (C=O) groups is 1. The topological polar surface area (TPSA) is 66.5 Å². The monoisotopic (exact) mass is 374 g/mol. The van der Waals surface area contributed by atoms with Gasteiger partial charge in [-0.15, -0.1) is 0 Å². The van der Waals surface area contributed by atoms with Crippen LogP contribution in [0.15, 0.2) is 47.4 Å². The third-order valence-corrected chi connectivity index (χ3v) is 6.98. The number of amides is 1. The summed E-state index contributed by atoms with van der Waals surface area (Å²) in [7, 11) is -3.60. The lowest BCUT2D eigenvalue weighted by Crippen LogP contribution is -2.46. The van der Waals surface area contributed by atoms with Gasteiger partial charge >= 0.3 is 0 Å². The molecule has 26 heavy (non-hydrogen) atoms. The molecule has 5 nitrogen and oxygen atoms in total. The number of sulfonamides is 1. The molecule has 1 N–H and O–H groups in total. The summed E-state index contributed by atoms with van der Waals surface area (Å²) >= 11 is 0. The number of fused-ring (bicyclic) bond motifs is 1. The molecule has 0 aliphatic carbocycles. The fraction of sp³-hybridized carbons (Fsp3) is 0.450. The van der Waals surface area contributed by atoms with Crippen molar-refractivity contribution in [1.29, 1.82) is 0 Å². The van der Waals surface area contributed by atoms with Crippen LogP contribution in [0.25, 0.3) is 10.8 Å². The van der Waals surface area contributed by atoms with Crippen molar-refractivity contribution in [3.63, 3.8) is 0 Å². The van der Waals surface area contributed by atoms with Gasteiger partial charge in [0.05, 0.1) is 10.8 Å². The average molecular weight is 375 g/mol. The smallest absolute Gasteiger partial charge is 0.243 e. The van der Waals surface area contributed by atoms with Crippen LogP contribution in [0.1, 0.15) is 33.1 Å². The Bertz CT molecular complexity index is 895. The van der Waals surface area contributed by atoms with Crippen molar-refractivity contribution >= 4 is 26.7 Å². The molecule has 0 radical (unpaired) electrons. The van der Waals surface area contributed by atoms with Crippen molar-refractivity contribution in [1.82, 2.24) is 9.62 Å². The largest absolute Gasteiger partial charge is 0.353 e. The Morgan fingerprint density at radius 2 is 1.96 bits per heavy atom. The summed E-state index contributed by atoms with van der Waals surface area (Å²) in [6.07, 6.45) is 2.29. The molecular weight excluding hydrogens is 348 g/mol. The lowest BCUT2D eigenvalue weighted by molar-refractivity contribution is -0.126. The third-order valence-electron chi connectivity index (χ3n) is 5.11. The molecule has 1 aliphatic rings. The summed E-state index contributed by atoms with van der Waals surface area (Å²) in [6, 6.07) is 13.0. The molecule has 140 valence electrons. The van der Waals surface area contributed by atoms with Crippen molar-refractivity contribution in [2.45, 2.75) is 44.0 Å². The van der Waals surface area contributed by atoms with Gasteiger partial charge in [-0.1, -0.05) is 37.3 Å². The number of nitrogens with zero attached hydrogens (tertiary/aromatic N) is 1. The van der Waals surface area contributed by atoms with Gasteiger partial charge < -0.3 is 5.32 Å². The van der Waals surface area contributed by atoms with Gasteiger partial charge in [0.15, 0.2) is 0 Å². The van der Waals surface area contributed by atoms with E-state index in [-0.39, 0.29) is 24.4 Å². The van der Waals surface area contributed by atoms with Crippen LogP contribution in [0.2, 0.25) is 0 Å². The van der Waals surface area contributed by atoms with E-state index in [1.807, 2.05) is 44.2 Å². The highest BCUT2D eigenvalue weighted by Crippen LogP contribution is 2.26. The summed E-state index contributed by atoms with van der Waals surface area (Å²) < 4.78 is 27.6. The third kappa shape index (κ3) is 3.91. The van der Waals surface area contributed by atoms with Crippen LogP contribution in [-0.4, -0.2) is 37.8 Å². The van der Waals surface area contributed by atoms with Crippen LogP contribution in [0.5, 0.6) is 0 Å². The van der Waals surface area contributed by atoms with E-state index in [1.165, 1.54) is 4.31 Å². The second kappa shape index (κ2) is 7.76. The van der Waals surface area contributed by atoms with Gasteiger partial charge in [0, 0.05) is 19.1 Å². The van der Waals surface area contributed by atoms with Crippen molar-refractivity contribution in [3.8, 4) is 0 Å². The normalized spacial score (nSPS) is 20.0. The first-order chi connectivity index (χ1) is 12.4. The molecule has 3 rings (SSSR count). The SMILES string of the molecule is CC[C@H](C)NC(=O)[C@H]1CCCN(S(=O)(=O)c2ccc3ccccc3c2)C1. The zero-order valence-corrected chi connectivity index (χ0v) is 16.1. The maximum absolute atomic E-state index is 13.1. The standard InChI is InChI=1S/C20H26N2O3S/c1-3-15(2)21-20(23)18-9-6-12-22(14-18)26(24,25)19-11-10-16-7-4-5-8-17(16)13-19/h4-5,7-8,10-11,13,15,18H,3,6,9,12,14H2,1-2H3,(H,21,23)/t15-,18-/m0/s1. The summed E-state index contributed by atoms with van der Waals surface area (Å²) in [6.45, 7) is 4.69. The minimum Gasteiger partial charge on any atom is -0.353 e. The molecule has 6 heteroatoms. The van der Waals surface area contributed by atoms with E-state index >= 15 is 0 Å². The van der Waals surface area contributed by atoms with Crippen LogP contribution in [-0.2, 0) is 14.8 Å². The zero-order valence-electron chi connectivity index (χ0n) is 15.3. The zero-order chi connectivity index (χ0) is 18.7. The fourth-order valence-corrected chi connectivity index (χ4v) is 4.87. The molecule has 0 saturated carbocycles. The molecule has 1 fully saturated rings. The summed E-state index contributed by atoms with van der Waals surface area (Å²) in [4.78, 5) is 12.7. The number of nitrogens with one attached hydrogen (secondary N) is 1. The predicted octanol–water partition coefficient (Wildman–Crippen LogP) is 3.16. The van der Waals surface area contributed by atoms with Gasteiger partial charge in [0.1, 0.15) is 0 Å². The molecule has 1 heterocycles. The quantitative estimate of drug-likeness (QED) is 0.874. The van der Waals surface area contributed by atoms with Crippen LogP contribution in [0.4, 0.5) is 0 Å². The van der Waals surface area contributed by atoms with E-state index in [1.54, 1.807) is 12.1 Å². The second-order valence-electron chi connectivity index (χ2n) is 7.03. The first-order valence-corrected chi connectivity index (χ1v) is 10.6. The molecule has 0 bridgehead atoms. The molecule has 2 atom stereocenters. The highest BCUT2D eigenvalue weighted by Gasteiger charge is 2.33. The number of carbonyl (C=O) groups excluding carboxylic acids is 1. The lowest BCUT2D eigenvalue weighted by atomic mass is 9.98. The summed E-state index contributed by atoms with van der Waals surface area (Å²) in [5, 5.41) is 4.88. The Morgan fingerprint density at radius 3 is 2.69 bits per heavy atom. The van der Waals surface area contributed by atoms with Gasteiger partial charge in [-0.05, 0) is 49.1 Å². The van der Waals surface area contributed by atoms with Gasteiger partial charge in [0.25, 0.3) is 0 Å². The van der Waals surface area contributed by atoms with Crippen LogP contribution >= 0.6 is 0 Å². The van der Waals surface area contributed by atoms with E-state index < -0.39 is 10.0 Å². The second-order valence-corrected chi connectivity index (χ2v) is 8.97. The molecule has 2 aromatic rings. The molecular formula is C20H26N2O3S. The Kier molecular flexibility index (Phi) is 5.63. The average Bonchev–Trinajstić information content (AvgIpc) is 2.67. The fourth-order valence-electron chi connectivity index (χ4n) is 3.31. The highest BCUT2D eigenvalue weighted by atomic mass is 32.2. The van der Waals surface area contributed by atoms with Crippen molar-refractivity contribution < 1.29 is 13.2 Å². The van der Waals surface area contributed by atoms with Crippen LogP contribution in [0, 0.1) is 5.92 Å². The number of benzene rings is 2. The van der Waals surface area contributed by atoms with E-state index in [4.69, 9.17) is 0 Å². The molecule has 1 amide bonds. The van der Waals surface area contributed by atoms with Gasteiger partial charge in [-0.2, -0.15) is 4.31 Å². The van der Waals surface area contributed by atoms with E-state index in [9.17, 15) is 13.2 Å². The molecule has 2 aromatic carbocycles. The van der Waals surface area contributed by atoms with E-state index in [0.717, 1.165) is 23.6 Å². The minimum atomic E-state index is -3.60. The molecule has 1 saturated heterocycles. The minimum absolute atomic E-state index is 0.0437. The molecule has 0 unspecified atom stereocenters. The van der Waals surface area contributed by atoms with Crippen molar-refractivity contribution in [3.05, 3.63) is 42.5 Å². The Hall–Kier alpha value is -1.92. The van der Waals surface area contributed by atoms with Crippen LogP contribution in [0.3, 0.4) is 0 Å². The highest BCUT2D eigenvalue weighted by molar-refractivity contribution is 7.89.